The molecule has 0 aromatic heterocycles. The maximum Gasteiger partial charge on any atom is 0.298 e. The van der Waals surface area contributed by atoms with Gasteiger partial charge in [-0.1, -0.05) is 72.8 Å². The zero-order valence-electron chi connectivity index (χ0n) is 17.1. The topological polar surface area (TPSA) is 46.6 Å². The summed E-state index contributed by atoms with van der Waals surface area (Å²) in [5.74, 6) is 0.391. The molecular weight excluding hydrogens is 418 g/mol. The van der Waals surface area contributed by atoms with Crippen molar-refractivity contribution in [2.75, 3.05) is 4.90 Å². The summed E-state index contributed by atoms with van der Waals surface area (Å²) < 4.78 is 6.05. The number of nitrogens with zero attached hydrogens (tertiary/aromatic N) is 1. The third-order valence-corrected chi connectivity index (χ3v) is 6.11. The number of ether oxygens (including phenoxy) is 1. The predicted octanol–water partition coefficient (Wildman–Crippen LogP) is 6.66. The second-order valence-electron chi connectivity index (χ2n) is 7.35. The molecule has 156 valence electrons. The lowest BCUT2D eigenvalue weighted by atomic mass is 10.1. The van der Waals surface area contributed by atoms with Crippen LogP contribution in [0.15, 0.2) is 102 Å². The number of rotatable bonds is 5. The highest BCUT2D eigenvalue weighted by atomic mass is 32.2. The third kappa shape index (κ3) is 4.03. The van der Waals surface area contributed by atoms with Gasteiger partial charge in [-0.3, -0.25) is 9.59 Å². The van der Waals surface area contributed by atoms with Gasteiger partial charge >= 0.3 is 0 Å². The van der Waals surface area contributed by atoms with E-state index < -0.39 is 0 Å². The fourth-order valence-corrected chi connectivity index (χ4v) is 4.53. The summed E-state index contributed by atoms with van der Waals surface area (Å²) in [6.45, 7) is 0.440. The number of fused-ring (bicyclic) bond motifs is 1. The van der Waals surface area contributed by atoms with E-state index in [4.69, 9.17) is 4.74 Å². The molecule has 0 aliphatic carbocycles. The molecule has 32 heavy (non-hydrogen) atoms. The second kappa shape index (κ2) is 8.73. The normalized spacial score (nSPS) is 15.0. The van der Waals surface area contributed by atoms with E-state index in [0.717, 1.165) is 22.9 Å². The van der Waals surface area contributed by atoms with Gasteiger partial charge in [0.1, 0.15) is 12.4 Å². The maximum atomic E-state index is 12.8. The van der Waals surface area contributed by atoms with Gasteiger partial charge in [0.2, 0.25) is 0 Å². The van der Waals surface area contributed by atoms with Crippen LogP contribution in [0, 0.1) is 0 Å². The highest BCUT2D eigenvalue weighted by Gasteiger charge is 2.36. The molecule has 0 atom stereocenters. The molecule has 5 heteroatoms. The summed E-state index contributed by atoms with van der Waals surface area (Å²) in [5.41, 5.74) is 2.49. The van der Waals surface area contributed by atoms with Crippen LogP contribution in [0.5, 0.6) is 5.75 Å². The van der Waals surface area contributed by atoms with E-state index in [1.165, 1.54) is 15.7 Å². The Morgan fingerprint density at radius 3 is 2.44 bits per heavy atom. The maximum absolute atomic E-state index is 12.8. The third-order valence-electron chi connectivity index (χ3n) is 5.24. The van der Waals surface area contributed by atoms with Gasteiger partial charge in [-0.2, -0.15) is 0 Å². The lowest BCUT2D eigenvalue weighted by Gasteiger charge is -2.11. The van der Waals surface area contributed by atoms with Gasteiger partial charge in [0, 0.05) is 0 Å². The van der Waals surface area contributed by atoms with Crippen molar-refractivity contribution >= 4 is 45.4 Å². The van der Waals surface area contributed by atoms with E-state index in [1.54, 1.807) is 30.3 Å². The molecule has 1 heterocycles. The minimum absolute atomic E-state index is 0.296. The van der Waals surface area contributed by atoms with Crippen molar-refractivity contribution in [2.45, 2.75) is 6.61 Å². The van der Waals surface area contributed by atoms with Crippen LogP contribution in [-0.2, 0) is 11.4 Å². The van der Waals surface area contributed by atoms with Crippen molar-refractivity contribution < 1.29 is 14.3 Å². The van der Waals surface area contributed by atoms with Crippen molar-refractivity contribution in [3.8, 4) is 5.75 Å². The quantitative estimate of drug-likeness (QED) is 0.328. The van der Waals surface area contributed by atoms with Crippen LogP contribution in [-0.4, -0.2) is 11.1 Å². The smallest absolute Gasteiger partial charge is 0.298 e. The molecule has 4 nitrogen and oxygen atoms in total. The number of anilines is 1. The molecule has 4 aromatic rings. The van der Waals surface area contributed by atoms with Crippen LogP contribution >= 0.6 is 11.8 Å². The Kier molecular flexibility index (Phi) is 5.48. The zero-order chi connectivity index (χ0) is 21.9. The number of hydrogen-bond donors (Lipinski definition) is 0. The monoisotopic (exact) mass is 437 g/mol. The van der Waals surface area contributed by atoms with Crippen molar-refractivity contribution in [3.63, 3.8) is 0 Å². The first-order valence-corrected chi connectivity index (χ1v) is 11.0. The number of amides is 2. The molecule has 1 aliphatic rings. The van der Waals surface area contributed by atoms with Crippen LogP contribution in [0.4, 0.5) is 10.5 Å². The van der Waals surface area contributed by atoms with Crippen LogP contribution in [0.1, 0.15) is 11.1 Å². The summed E-state index contributed by atoms with van der Waals surface area (Å²) in [6, 6.07) is 30.9. The summed E-state index contributed by atoms with van der Waals surface area (Å²) in [6.07, 6.45) is 1.73. The first-order chi connectivity index (χ1) is 15.7. The van der Waals surface area contributed by atoms with Gasteiger partial charge in [-0.25, -0.2) is 4.90 Å². The average molecular weight is 438 g/mol. The van der Waals surface area contributed by atoms with E-state index in [-0.39, 0.29) is 11.1 Å². The Labute approximate surface area is 190 Å². The predicted molar refractivity (Wildman–Crippen MR) is 130 cm³/mol. The standard InChI is InChI=1S/C27H19NO3S/c29-26-25(32-27(30)28(26)22-12-2-1-3-13-22)17-19-8-6-14-23(16-19)31-18-21-11-7-10-20-9-4-5-15-24(20)21/h1-17H,18H2/b25-17-. The highest BCUT2D eigenvalue weighted by Crippen LogP contribution is 2.35. The molecule has 0 spiro atoms. The molecule has 0 unspecified atom stereocenters. The number of imide groups is 1. The molecule has 0 saturated carbocycles. The molecular formula is C27H19NO3S. The van der Waals surface area contributed by atoms with E-state index >= 15 is 0 Å². The second-order valence-corrected chi connectivity index (χ2v) is 8.35. The Balaban J connectivity index is 1.35. The van der Waals surface area contributed by atoms with Crippen molar-refractivity contribution in [3.05, 3.63) is 113 Å². The van der Waals surface area contributed by atoms with E-state index in [9.17, 15) is 9.59 Å². The summed E-state index contributed by atoms with van der Waals surface area (Å²) in [4.78, 5) is 26.8. The van der Waals surface area contributed by atoms with Gasteiger partial charge in [-0.15, -0.1) is 0 Å². The Morgan fingerprint density at radius 1 is 0.812 bits per heavy atom. The van der Waals surface area contributed by atoms with E-state index in [1.807, 2.05) is 48.5 Å². The molecule has 5 rings (SSSR count). The van der Waals surface area contributed by atoms with Crippen molar-refractivity contribution in [1.82, 2.24) is 0 Å². The lowest BCUT2D eigenvalue weighted by molar-refractivity contribution is -0.113. The van der Waals surface area contributed by atoms with Crippen LogP contribution in [0.2, 0.25) is 0 Å². The van der Waals surface area contributed by atoms with Crippen LogP contribution in [0.3, 0.4) is 0 Å². The summed E-state index contributed by atoms with van der Waals surface area (Å²) in [5, 5.41) is 2.05. The van der Waals surface area contributed by atoms with E-state index in [2.05, 4.69) is 24.3 Å². The van der Waals surface area contributed by atoms with Crippen molar-refractivity contribution in [2.24, 2.45) is 0 Å². The first-order valence-electron chi connectivity index (χ1n) is 10.2. The number of thioether (sulfide) groups is 1. The van der Waals surface area contributed by atoms with Crippen LogP contribution in [0.25, 0.3) is 16.8 Å². The van der Waals surface area contributed by atoms with Gasteiger partial charge in [0.15, 0.2) is 0 Å². The molecule has 1 aliphatic heterocycles. The Morgan fingerprint density at radius 2 is 1.56 bits per heavy atom. The molecule has 1 fully saturated rings. The molecule has 0 N–H and O–H groups in total. The Bertz CT molecular complexity index is 1340. The summed E-state index contributed by atoms with van der Waals surface area (Å²) in [7, 11) is 0. The molecule has 0 radical (unpaired) electrons. The van der Waals surface area contributed by atoms with E-state index in [0.29, 0.717) is 22.9 Å². The molecule has 0 bridgehead atoms. The van der Waals surface area contributed by atoms with Gasteiger partial charge < -0.3 is 4.74 Å². The number of carbonyl (C=O) groups excluding carboxylic acids is 2. The fourth-order valence-electron chi connectivity index (χ4n) is 3.69. The minimum Gasteiger partial charge on any atom is -0.489 e. The largest absolute Gasteiger partial charge is 0.489 e. The molecule has 1 saturated heterocycles. The lowest BCUT2D eigenvalue weighted by Crippen LogP contribution is -2.27. The zero-order valence-corrected chi connectivity index (χ0v) is 17.9. The van der Waals surface area contributed by atoms with Gasteiger partial charge in [0.05, 0.1) is 10.6 Å². The number of hydrogen-bond acceptors (Lipinski definition) is 4. The fraction of sp³-hybridized carbons (Fsp3) is 0.0370. The SMILES string of the molecule is O=C1S/C(=C\c2cccc(OCc3cccc4ccccc34)c2)C(=O)N1c1ccccc1. The molecule has 2 amide bonds. The van der Waals surface area contributed by atoms with Gasteiger partial charge in [-0.05, 0) is 64.0 Å². The van der Waals surface area contributed by atoms with Crippen molar-refractivity contribution in [1.29, 1.82) is 0 Å². The first kappa shape index (κ1) is 20.1. The van der Waals surface area contributed by atoms with Crippen LogP contribution < -0.4 is 9.64 Å². The summed E-state index contributed by atoms with van der Waals surface area (Å²) >= 11 is 0.947. The number of carbonyl (C=O) groups is 2. The molecule has 4 aromatic carbocycles. The number of benzene rings is 4. The van der Waals surface area contributed by atoms with Gasteiger partial charge in [0.25, 0.3) is 11.1 Å². The number of para-hydroxylation sites is 1. The Hall–Kier alpha value is -3.83. The highest BCUT2D eigenvalue weighted by molar-refractivity contribution is 8.19. The average Bonchev–Trinajstić information content (AvgIpc) is 3.11. The minimum atomic E-state index is -0.312.